The lowest BCUT2D eigenvalue weighted by Crippen LogP contribution is -2.26. The number of hydrogen-bond donors (Lipinski definition) is 1. The molecule has 0 saturated carbocycles. The van der Waals surface area contributed by atoms with Crippen molar-refractivity contribution in [3.05, 3.63) is 89.5 Å². The van der Waals surface area contributed by atoms with Crippen LogP contribution in [0.1, 0.15) is 29.0 Å². The van der Waals surface area contributed by atoms with E-state index in [0.29, 0.717) is 30.2 Å². The summed E-state index contributed by atoms with van der Waals surface area (Å²) in [4.78, 5) is 21.0. The van der Waals surface area contributed by atoms with E-state index < -0.39 is 0 Å². The predicted molar refractivity (Wildman–Crippen MR) is 126 cm³/mol. The topological polar surface area (TPSA) is 69.0 Å². The van der Waals surface area contributed by atoms with Crippen molar-refractivity contribution in [1.82, 2.24) is 19.9 Å². The normalized spacial score (nSPS) is 10.9. The van der Waals surface area contributed by atoms with Gasteiger partial charge in [0.1, 0.15) is 11.6 Å². The van der Waals surface area contributed by atoms with Gasteiger partial charge in [-0.1, -0.05) is 23.7 Å². The Morgan fingerprint density at radius 1 is 1.00 bits per heavy atom. The van der Waals surface area contributed by atoms with Crippen LogP contribution in [0, 0.1) is 0 Å². The van der Waals surface area contributed by atoms with Gasteiger partial charge in [0.05, 0.1) is 17.6 Å². The molecule has 1 amide bonds. The number of nitrogens with zero attached hydrogens (tertiary/aromatic N) is 3. The van der Waals surface area contributed by atoms with E-state index in [1.165, 1.54) is 0 Å². The molecule has 0 aliphatic heterocycles. The van der Waals surface area contributed by atoms with Crippen LogP contribution >= 0.6 is 11.6 Å². The standard InChI is InChI=1S/C25H25ClN4O2/c26-20-7-9-21(10-8-20)32-18-4-3-17-30-23-6-2-1-5-22(23)29-24(30)13-16-28-25(31)19-11-14-27-15-12-19/h1-2,5-12,14-15H,3-4,13,16-18H2,(H,28,31). The lowest BCUT2D eigenvalue weighted by atomic mass is 10.2. The molecule has 2 aromatic heterocycles. The van der Waals surface area contributed by atoms with Gasteiger partial charge in [-0.25, -0.2) is 4.98 Å². The SMILES string of the molecule is O=C(NCCc1nc2ccccc2n1CCCCOc1ccc(Cl)cc1)c1ccncc1. The van der Waals surface area contributed by atoms with Crippen LogP contribution in [-0.4, -0.2) is 33.6 Å². The van der Waals surface area contributed by atoms with Gasteiger partial charge in [-0.3, -0.25) is 9.78 Å². The van der Waals surface area contributed by atoms with Crippen molar-refractivity contribution in [2.45, 2.75) is 25.8 Å². The summed E-state index contributed by atoms with van der Waals surface area (Å²) in [5.41, 5.74) is 2.69. The second kappa shape index (κ2) is 10.8. The Kier molecular flexibility index (Phi) is 7.35. The third-order valence-electron chi connectivity index (χ3n) is 5.17. The van der Waals surface area contributed by atoms with Crippen LogP contribution in [0.15, 0.2) is 73.1 Å². The number of aromatic nitrogens is 3. The predicted octanol–water partition coefficient (Wildman–Crippen LogP) is 4.92. The first-order valence-electron chi connectivity index (χ1n) is 10.7. The number of nitrogens with one attached hydrogen (secondary N) is 1. The van der Waals surface area contributed by atoms with E-state index in [-0.39, 0.29) is 5.91 Å². The first kappa shape index (κ1) is 21.8. The Bertz CT molecular complexity index is 1160. The van der Waals surface area contributed by atoms with Crippen molar-refractivity contribution < 1.29 is 9.53 Å². The highest BCUT2D eigenvalue weighted by Gasteiger charge is 2.11. The van der Waals surface area contributed by atoms with E-state index in [1.54, 1.807) is 24.5 Å². The molecule has 164 valence electrons. The number of hydrogen-bond acceptors (Lipinski definition) is 4. The number of halogens is 1. The van der Waals surface area contributed by atoms with Crippen molar-refractivity contribution in [3.63, 3.8) is 0 Å². The Labute approximate surface area is 192 Å². The average molecular weight is 449 g/mol. The summed E-state index contributed by atoms with van der Waals surface area (Å²) < 4.78 is 8.04. The molecular weight excluding hydrogens is 424 g/mol. The molecule has 4 rings (SSSR count). The maximum Gasteiger partial charge on any atom is 0.251 e. The number of ether oxygens (including phenoxy) is 1. The molecule has 0 radical (unpaired) electrons. The van der Waals surface area contributed by atoms with Gasteiger partial charge < -0.3 is 14.6 Å². The number of pyridine rings is 1. The van der Waals surface area contributed by atoms with E-state index in [9.17, 15) is 4.79 Å². The lowest BCUT2D eigenvalue weighted by molar-refractivity contribution is 0.0954. The molecule has 7 heteroatoms. The van der Waals surface area contributed by atoms with E-state index in [1.807, 2.05) is 42.5 Å². The quantitative estimate of drug-likeness (QED) is 0.350. The van der Waals surface area contributed by atoms with E-state index >= 15 is 0 Å². The van der Waals surface area contributed by atoms with Crippen molar-refractivity contribution in [3.8, 4) is 5.75 Å². The van der Waals surface area contributed by atoms with Gasteiger partial charge in [-0.15, -0.1) is 0 Å². The molecule has 6 nitrogen and oxygen atoms in total. The maximum atomic E-state index is 12.3. The molecule has 0 saturated heterocycles. The van der Waals surface area contributed by atoms with E-state index in [2.05, 4.69) is 20.9 Å². The second-order valence-electron chi connectivity index (χ2n) is 7.42. The zero-order valence-electron chi connectivity index (χ0n) is 17.7. The molecule has 0 atom stereocenters. The number of carbonyl (C=O) groups is 1. The summed E-state index contributed by atoms with van der Waals surface area (Å²) in [7, 11) is 0. The highest BCUT2D eigenvalue weighted by Crippen LogP contribution is 2.18. The van der Waals surface area contributed by atoms with Crippen LogP contribution in [0.5, 0.6) is 5.75 Å². The zero-order valence-corrected chi connectivity index (χ0v) is 18.5. The third kappa shape index (κ3) is 5.65. The molecule has 0 unspecified atom stereocenters. The van der Waals surface area contributed by atoms with Crippen molar-refractivity contribution in [1.29, 1.82) is 0 Å². The summed E-state index contributed by atoms with van der Waals surface area (Å²) >= 11 is 5.91. The molecule has 32 heavy (non-hydrogen) atoms. The van der Waals surface area contributed by atoms with Gasteiger partial charge in [-0.05, 0) is 61.4 Å². The summed E-state index contributed by atoms with van der Waals surface area (Å²) in [5, 5.41) is 3.67. The smallest absolute Gasteiger partial charge is 0.251 e. The van der Waals surface area contributed by atoms with Crippen LogP contribution in [-0.2, 0) is 13.0 Å². The second-order valence-corrected chi connectivity index (χ2v) is 7.86. The van der Waals surface area contributed by atoms with E-state index in [4.69, 9.17) is 21.3 Å². The molecule has 0 aliphatic rings. The Morgan fingerprint density at radius 2 is 1.78 bits per heavy atom. The summed E-state index contributed by atoms with van der Waals surface area (Å²) in [6.07, 6.45) is 5.78. The van der Waals surface area contributed by atoms with Gasteiger partial charge in [0.2, 0.25) is 0 Å². The largest absolute Gasteiger partial charge is 0.494 e. The molecule has 2 heterocycles. The molecule has 0 fully saturated rings. The molecule has 0 aliphatic carbocycles. The minimum absolute atomic E-state index is 0.102. The number of amides is 1. The van der Waals surface area contributed by atoms with Gasteiger partial charge in [0, 0.05) is 42.5 Å². The molecule has 1 N–H and O–H groups in total. The van der Waals surface area contributed by atoms with Gasteiger partial charge >= 0.3 is 0 Å². The van der Waals surface area contributed by atoms with Gasteiger partial charge in [0.15, 0.2) is 0 Å². The molecule has 0 spiro atoms. The fourth-order valence-electron chi connectivity index (χ4n) is 3.55. The fourth-order valence-corrected chi connectivity index (χ4v) is 3.68. The molecule has 4 aromatic rings. The highest BCUT2D eigenvalue weighted by molar-refractivity contribution is 6.30. The minimum atomic E-state index is -0.102. The lowest BCUT2D eigenvalue weighted by Gasteiger charge is -2.11. The molecule has 0 bridgehead atoms. The van der Waals surface area contributed by atoms with Crippen LogP contribution in [0.25, 0.3) is 11.0 Å². The molecular formula is C25H25ClN4O2. The maximum absolute atomic E-state index is 12.3. The van der Waals surface area contributed by atoms with E-state index in [0.717, 1.165) is 42.0 Å². The van der Waals surface area contributed by atoms with Crippen LogP contribution in [0.3, 0.4) is 0 Å². The first-order valence-corrected chi connectivity index (χ1v) is 11.1. The van der Waals surface area contributed by atoms with Crippen LogP contribution in [0.2, 0.25) is 5.02 Å². The number of benzene rings is 2. The zero-order chi connectivity index (χ0) is 22.2. The number of rotatable bonds is 10. The third-order valence-corrected chi connectivity index (χ3v) is 5.42. The van der Waals surface area contributed by atoms with Gasteiger partial charge in [-0.2, -0.15) is 0 Å². The number of unbranched alkanes of at least 4 members (excludes halogenated alkanes) is 1. The van der Waals surface area contributed by atoms with Crippen molar-refractivity contribution >= 4 is 28.5 Å². The fraction of sp³-hybridized carbons (Fsp3) is 0.240. The Balaban J connectivity index is 1.32. The monoisotopic (exact) mass is 448 g/mol. The van der Waals surface area contributed by atoms with Crippen molar-refractivity contribution in [2.24, 2.45) is 0 Å². The summed E-state index contributed by atoms with van der Waals surface area (Å²) in [6.45, 7) is 2.01. The van der Waals surface area contributed by atoms with Crippen molar-refractivity contribution in [2.75, 3.05) is 13.2 Å². The number of para-hydroxylation sites is 2. The van der Waals surface area contributed by atoms with Crippen LogP contribution < -0.4 is 10.1 Å². The minimum Gasteiger partial charge on any atom is -0.494 e. The first-order chi connectivity index (χ1) is 15.7. The van der Waals surface area contributed by atoms with Gasteiger partial charge in [0.25, 0.3) is 5.91 Å². The Morgan fingerprint density at radius 3 is 2.59 bits per heavy atom. The molecule has 2 aromatic carbocycles. The number of fused-ring (bicyclic) bond motifs is 1. The van der Waals surface area contributed by atoms with Crippen LogP contribution in [0.4, 0.5) is 0 Å². The number of aryl methyl sites for hydroxylation is 1. The summed E-state index contributed by atoms with van der Waals surface area (Å²) in [5.74, 6) is 1.70. The number of imidazole rings is 1. The average Bonchev–Trinajstić information content (AvgIpc) is 3.18. The summed E-state index contributed by atoms with van der Waals surface area (Å²) in [6, 6.07) is 19.0. The highest BCUT2D eigenvalue weighted by atomic mass is 35.5. The number of carbonyl (C=O) groups excluding carboxylic acids is 1. The Hall–Kier alpha value is -3.38.